The fraction of sp³-hybridized carbons (Fsp3) is 0.0385. The lowest BCUT2D eigenvalue weighted by atomic mass is 9.79. The SMILES string of the molecule is C=Cc1ccccc1C(=C)c1ccccccc(C2=CC(C3C=c4c(oc5ccc6c(ccc7c8ccccc8sc76)c45)=C(c4cccc5c(-c6c7ccccc7c(-c7cccc(-c8ccc9sc%10ccc%11c(ccc%12oc%13ccccc%13c%12%11)c%10c9c8)c7)c7ccccc67)cccc45)C3)=CCC2)c2ccccc12. The summed E-state index contributed by atoms with van der Waals surface area (Å²) in [6.07, 6.45) is 12.1. The first kappa shape index (κ1) is 62.4. The van der Waals surface area contributed by atoms with Gasteiger partial charge in [0, 0.05) is 78.6 Å². The van der Waals surface area contributed by atoms with Crippen LogP contribution in [0.1, 0.15) is 47.1 Å². The molecule has 2 aliphatic rings. The minimum atomic E-state index is 0.0261. The van der Waals surface area contributed by atoms with E-state index in [4.69, 9.17) is 15.4 Å². The quantitative estimate of drug-likeness (QED) is 0.135. The molecule has 4 heterocycles. The summed E-state index contributed by atoms with van der Waals surface area (Å²) in [6.45, 7) is 8.98. The highest BCUT2D eigenvalue weighted by Crippen LogP contribution is 2.50. The number of rotatable bonds is 9. The zero-order valence-corrected chi connectivity index (χ0v) is 60.6. The molecule has 2 aliphatic carbocycles. The summed E-state index contributed by atoms with van der Waals surface area (Å²) in [5.41, 5.74) is 21.4. The Balaban J connectivity index is 0.700. The number of hydrogen-bond donors (Lipinski definition) is 0. The molecule has 1 atom stereocenters. The fourth-order valence-electron chi connectivity index (χ4n) is 18.5. The van der Waals surface area contributed by atoms with E-state index in [1.165, 1.54) is 177 Å². The van der Waals surface area contributed by atoms with Crippen molar-refractivity contribution in [3.63, 3.8) is 0 Å². The van der Waals surface area contributed by atoms with Crippen LogP contribution in [0.5, 0.6) is 0 Å². The molecule has 4 aromatic heterocycles. The van der Waals surface area contributed by atoms with Crippen molar-refractivity contribution >= 4 is 189 Å². The second-order valence-electron chi connectivity index (χ2n) is 29.0. The highest BCUT2D eigenvalue weighted by molar-refractivity contribution is 7.27. The first-order valence-corrected chi connectivity index (χ1v) is 39.0. The van der Waals surface area contributed by atoms with Gasteiger partial charge in [-0.3, -0.25) is 0 Å². The van der Waals surface area contributed by atoms with Crippen LogP contribution in [0.25, 0.3) is 200 Å². The van der Waals surface area contributed by atoms with E-state index in [-0.39, 0.29) is 5.92 Å². The number of benzene rings is 15. The number of fused-ring (bicyclic) bond motifs is 22. The zero-order chi connectivity index (χ0) is 71.2. The summed E-state index contributed by atoms with van der Waals surface area (Å²) in [4.78, 5) is 0. The Morgan fingerprint density at radius 2 is 0.926 bits per heavy atom. The molecule has 1 unspecified atom stereocenters. The second kappa shape index (κ2) is 24.8. The van der Waals surface area contributed by atoms with Crippen molar-refractivity contribution < 1.29 is 8.83 Å². The van der Waals surface area contributed by atoms with Crippen LogP contribution in [0.15, 0.2) is 349 Å². The molecule has 20 aromatic rings. The van der Waals surface area contributed by atoms with Crippen LogP contribution in [-0.4, -0.2) is 0 Å². The Hall–Kier alpha value is -13.0. The summed E-state index contributed by atoms with van der Waals surface area (Å²) in [7, 11) is 0. The molecule has 0 aliphatic heterocycles. The molecule has 0 saturated carbocycles. The smallest absolute Gasteiger partial charge is 0.138 e. The third kappa shape index (κ3) is 9.70. The predicted octanol–water partition coefficient (Wildman–Crippen LogP) is 28.6. The molecular weight excluding hydrogens is 1350 g/mol. The molecule has 0 radical (unpaired) electrons. The van der Waals surface area contributed by atoms with Gasteiger partial charge in [-0.15, -0.1) is 22.7 Å². The van der Waals surface area contributed by atoms with Crippen LogP contribution in [0, 0.1) is 5.92 Å². The van der Waals surface area contributed by atoms with Gasteiger partial charge in [0.1, 0.15) is 22.2 Å². The van der Waals surface area contributed by atoms with Crippen molar-refractivity contribution in [1.82, 2.24) is 0 Å². The second-order valence-corrected chi connectivity index (χ2v) is 31.2. The Bertz CT molecular complexity index is 7590. The van der Waals surface area contributed by atoms with Gasteiger partial charge in [0.2, 0.25) is 0 Å². The number of furan rings is 2. The summed E-state index contributed by atoms with van der Waals surface area (Å²) < 4.78 is 19.0. The van der Waals surface area contributed by atoms with Crippen LogP contribution >= 0.6 is 22.7 Å². The van der Waals surface area contributed by atoms with E-state index in [2.05, 4.69) is 334 Å². The van der Waals surface area contributed by atoms with Gasteiger partial charge < -0.3 is 8.83 Å². The summed E-state index contributed by atoms with van der Waals surface area (Å²) >= 11 is 3.76. The Morgan fingerprint density at radius 1 is 0.370 bits per heavy atom. The van der Waals surface area contributed by atoms with E-state index < -0.39 is 0 Å². The molecule has 0 amide bonds. The molecule has 0 N–H and O–H groups in total. The van der Waals surface area contributed by atoms with Crippen molar-refractivity contribution in [1.29, 1.82) is 0 Å². The van der Waals surface area contributed by atoms with Crippen LogP contribution in [-0.2, 0) is 0 Å². The topological polar surface area (TPSA) is 26.3 Å². The lowest BCUT2D eigenvalue weighted by molar-refractivity contribution is 0.565. The average molecular weight is 1410 g/mol. The molecule has 16 aromatic carbocycles. The van der Waals surface area contributed by atoms with Crippen molar-refractivity contribution in [2.75, 3.05) is 0 Å². The maximum Gasteiger partial charge on any atom is 0.138 e. The van der Waals surface area contributed by atoms with E-state index in [1.54, 1.807) is 0 Å². The van der Waals surface area contributed by atoms with Crippen molar-refractivity contribution in [3.05, 3.63) is 379 Å². The molecular formula is C104H66O2S2. The minimum Gasteiger partial charge on any atom is -0.456 e. The largest absolute Gasteiger partial charge is 0.456 e. The molecule has 0 fully saturated rings. The van der Waals surface area contributed by atoms with Crippen molar-refractivity contribution in [2.45, 2.75) is 19.3 Å². The van der Waals surface area contributed by atoms with Gasteiger partial charge in [0.05, 0.1) is 0 Å². The van der Waals surface area contributed by atoms with Gasteiger partial charge >= 0.3 is 0 Å². The standard InChI is InChI=1S/C104H66O2S2/c1-3-62-24-8-9-29-69(62)61(2)70-30-6-4-5-7-31-71(73-33-11-10-32-72(70)73)66-27-20-26-64(56-66)68-59-89(103-91(60-68)101-85-47-48-86-77-34-17-19-45-95(77)108-104(86)87(85)50-53-94(101)106-103)76-42-22-41-75-74(76)40-23-43-78(75)99-81-37-14-12-35-79(81)98(80-36-13-15-38-82(80)99)67-28-21-25-63(57-67)65-46-54-96-90(58-65)102-84-49-52-93-100(83(84)51-55-97(102)107-96)88-39-16-18-44-92(88)105-93/h3-19,21-26,28-58,60,68H,1-2,20,27,59H2. The van der Waals surface area contributed by atoms with E-state index in [1.807, 2.05) is 28.7 Å². The van der Waals surface area contributed by atoms with Gasteiger partial charge in [-0.05, 0) is 217 Å². The third-order valence-corrected chi connectivity index (χ3v) is 25.7. The molecule has 2 nitrogen and oxygen atoms in total. The maximum absolute atomic E-state index is 7.45. The fourth-order valence-corrected chi connectivity index (χ4v) is 20.8. The molecule has 0 bridgehead atoms. The first-order valence-electron chi connectivity index (χ1n) is 37.4. The van der Waals surface area contributed by atoms with E-state index in [0.29, 0.717) is 0 Å². The lowest BCUT2D eigenvalue weighted by Gasteiger charge is -2.24. The molecule has 4 heteroatoms. The summed E-state index contributed by atoms with van der Waals surface area (Å²) in [5, 5.41) is 24.4. The Labute approximate surface area is 631 Å². The molecule has 506 valence electrons. The van der Waals surface area contributed by atoms with Gasteiger partial charge in [0.15, 0.2) is 0 Å². The van der Waals surface area contributed by atoms with Crippen molar-refractivity contribution in [3.8, 4) is 33.4 Å². The highest BCUT2D eigenvalue weighted by Gasteiger charge is 2.28. The van der Waals surface area contributed by atoms with Gasteiger partial charge in [-0.25, -0.2) is 0 Å². The van der Waals surface area contributed by atoms with Crippen LogP contribution in [0.4, 0.5) is 0 Å². The van der Waals surface area contributed by atoms with Gasteiger partial charge in [-0.2, -0.15) is 0 Å². The van der Waals surface area contributed by atoms with Crippen LogP contribution in [0.3, 0.4) is 0 Å². The van der Waals surface area contributed by atoms with Crippen molar-refractivity contribution in [2.24, 2.45) is 5.92 Å². The Kier molecular flexibility index (Phi) is 14.4. The minimum absolute atomic E-state index is 0.0261. The monoisotopic (exact) mass is 1410 g/mol. The summed E-state index contributed by atoms with van der Waals surface area (Å²) in [6, 6.07) is 115. The predicted molar refractivity (Wildman–Crippen MR) is 465 cm³/mol. The highest BCUT2D eigenvalue weighted by atomic mass is 32.1. The molecule has 0 spiro atoms. The van der Waals surface area contributed by atoms with E-state index in [9.17, 15) is 0 Å². The number of thiophene rings is 2. The summed E-state index contributed by atoms with van der Waals surface area (Å²) in [5.74, 6) is 0.0261. The Morgan fingerprint density at radius 3 is 1.75 bits per heavy atom. The van der Waals surface area contributed by atoms with Gasteiger partial charge in [-0.1, -0.05) is 286 Å². The average Bonchev–Trinajstić information content (AvgIpc) is 1.43. The molecule has 0 saturated heterocycles. The number of para-hydroxylation sites is 1. The van der Waals surface area contributed by atoms with Crippen LogP contribution in [0.2, 0.25) is 0 Å². The number of allylic oxidation sites excluding steroid dienone is 4. The van der Waals surface area contributed by atoms with Gasteiger partial charge in [0.25, 0.3) is 0 Å². The number of hydrogen-bond acceptors (Lipinski definition) is 4. The van der Waals surface area contributed by atoms with E-state index in [0.717, 1.165) is 74.5 Å². The lowest BCUT2D eigenvalue weighted by Crippen LogP contribution is -2.30. The molecule has 108 heavy (non-hydrogen) atoms. The zero-order valence-electron chi connectivity index (χ0n) is 59.0. The first-order chi connectivity index (χ1) is 53.4. The molecule has 22 rings (SSSR count). The van der Waals surface area contributed by atoms with E-state index >= 15 is 0 Å². The third-order valence-electron chi connectivity index (χ3n) is 23.3. The maximum atomic E-state index is 7.45. The normalized spacial score (nSPS) is 14.0. The van der Waals surface area contributed by atoms with Crippen LogP contribution < -0.4 is 10.6 Å².